The van der Waals surface area contributed by atoms with Gasteiger partial charge in [0.1, 0.15) is 5.70 Å². The molecule has 0 amide bonds. The van der Waals surface area contributed by atoms with Crippen molar-refractivity contribution in [3.8, 4) is 0 Å². The molecule has 1 aliphatic carbocycles. The monoisotopic (exact) mass is 140 g/mol. The molecule has 0 aromatic heterocycles. The zero-order valence-electron chi connectivity index (χ0n) is 7.35. The number of hydrogen-bond acceptors (Lipinski definition) is 0. The molecule has 0 unspecified atom stereocenters. The third-order valence-corrected chi connectivity index (χ3v) is 2.13. The van der Waals surface area contributed by atoms with E-state index in [1.165, 1.54) is 25.7 Å². The van der Waals surface area contributed by atoms with Gasteiger partial charge in [-0.2, -0.15) is 0 Å². The molecule has 0 fully saturated rings. The lowest BCUT2D eigenvalue weighted by Gasteiger charge is -2.28. The SMILES string of the molecule is C[N+](C)(C)C1=CCCCC1. The first-order chi connectivity index (χ1) is 4.61. The molecule has 0 aromatic carbocycles. The lowest BCUT2D eigenvalue weighted by Crippen LogP contribution is -2.33. The number of allylic oxidation sites excluding steroid dienone is 2. The number of quaternary nitrogens is 1. The van der Waals surface area contributed by atoms with Gasteiger partial charge in [-0.3, -0.25) is 0 Å². The average Bonchev–Trinajstić information content (AvgIpc) is 1.88. The van der Waals surface area contributed by atoms with Gasteiger partial charge in [0.15, 0.2) is 0 Å². The van der Waals surface area contributed by atoms with Gasteiger partial charge in [0.25, 0.3) is 0 Å². The molecule has 1 nitrogen and oxygen atoms in total. The molecule has 0 heterocycles. The normalized spacial score (nSPS) is 20.5. The van der Waals surface area contributed by atoms with Crippen molar-refractivity contribution in [2.24, 2.45) is 0 Å². The molecule has 0 saturated heterocycles. The number of rotatable bonds is 1. The van der Waals surface area contributed by atoms with Gasteiger partial charge in [0, 0.05) is 6.42 Å². The van der Waals surface area contributed by atoms with Gasteiger partial charge < -0.3 is 4.48 Å². The fourth-order valence-electron chi connectivity index (χ4n) is 1.43. The van der Waals surface area contributed by atoms with Crippen LogP contribution in [0, 0.1) is 0 Å². The summed E-state index contributed by atoms with van der Waals surface area (Å²) in [5.41, 5.74) is 1.60. The summed E-state index contributed by atoms with van der Waals surface area (Å²) in [5.74, 6) is 0. The van der Waals surface area contributed by atoms with Crippen LogP contribution in [0.2, 0.25) is 0 Å². The molecule has 0 saturated carbocycles. The third kappa shape index (κ3) is 1.84. The van der Waals surface area contributed by atoms with E-state index in [9.17, 15) is 0 Å². The second-order valence-corrected chi connectivity index (χ2v) is 3.95. The largest absolute Gasteiger partial charge is 0.302 e. The van der Waals surface area contributed by atoms with Crippen LogP contribution < -0.4 is 0 Å². The zero-order valence-corrected chi connectivity index (χ0v) is 7.35. The first kappa shape index (κ1) is 7.80. The molecule has 58 valence electrons. The Morgan fingerprint density at radius 1 is 1.20 bits per heavy atom. The van der Waals surface area contributed by atoms with Gasteiger partial charge in [0.05, 0.1) is 21.1 Å². The summed E-state index contributed by atoms with van der Waals surface area (Å²) >= 11 is 0. The predicted molar refractivity (Wildman–Crippen MR) is 44.6 cm³/mol. The van der Waals surface area contributed by atoms with Crippen molar-refractivity contribution in [1.29, 1.82) is 0 Å². The van der Waals surface area contributed by atoms with Crippen molar-refractivity contribution < 1.29 is 4.48 Å². The summed E-state index contributed by atoms with van der Waals surface area (Å²) in [6, 6.07) is 0. The molecule has 0 aliphatic heterocycles. The Morgan fingerprint density at radius 3 is 2.20 bits per heavy atom. The first-order valence-electron chi connectivity index (χ1n) is 4.12. The Kier molecular flexibility index (Phi) is 2.14. The standard InChI is InChI=1S/C9H18N/c1-10(2,3)9-7-5-4-6-8-9/h7H,4-6,8H2,1-3H3/q+1. The molecule has 1 rings (SSSR count). The van der Waals surface area contributed by atoms with Crippen LogP contribution in [0.3, 0.4) is 0 Å². The van der Waals surface area contributed by atoms with Crippen molar-refractivity contribution in [3.63, 3.8) is 0 Å². The first-order valence-corrected chi connectivity index (χ1v) is 4.12. The summed E-state index contributed by atoms with van der Waals surface area (Å²) in [7, 11) is 6.74. The van der Waals surface area contributed by atoms with Gasteiger partial charge in [-0.05, 0) is 25.3 Å². The maximum Gasteiger partial charge on any atom is 0.104 e. The summed E-state index contributed by atoms with van der Waals surface area (Å²) in [5, 5.41) is 0. The van der Waals surface area contributed by atoms with Gasteiger partial charge in [-0.25, -0.2) is 0 Å². The summed E-state index contributed by atoms with van der Waals surface area (Å²) < 4.78 is 1.03. The second kappa shape index (κ2) is 2.75. The fourth-order valence-corrected chi connectivity index (χ4v) is 1.43. The summed E-state index contributed by atoms with van der Waals surface area (Å²) in [4.78, 5) is 0. The minimum Gasteiger partial charge on any atom is -0.302 e. The van der Waals surface area contributed by atoms with E-state index in [0.717, 1.165) is 4.48 Å². The van der Waals surface area contributed by atoms with Gasteiger partial charge in [0.2, 0.25) is 0 Å². The van der Waals surface area contributed by atoms with E-state index in [2.05, 4.69) is 27.2 Å². The minimum atomic E-state index is 1.03. The molecule has 0 bridgehead atoms. The van der Waals surface area contributed by atoms with Crippen LogP contribution in [-0.4, -0.2) is 25.6 Å². The Balaban J connectivity index is 2.62. The van der Waals surface area contributed by atoms with Crippen LogP contribution in [0.15, 0.2) is 11.8 Å². The van der Waals surface area contributed by atoms with Gasteiger partial charge in [-0.1, -0.05) is 0 Å². The van der Waals surface area contributed by atoms with Crippen molar-refractivity contribution in [2.75, 3.05) is 21.1 Å². The van der Waals surface area contributed by atoms with E-state index in [-0.39, 0.29) is 0 Å². The molecular weight excluding hydrogens is 122 g/mol. The van der Waals surface area contributed by atoms with Crippen LogP contribution in [0.1, 0.15) is 25.7 Å². The Labute approximate surface area is 63.9 Å². The quantitative estimate of drug-likeness (QED) is 0.490. The highest BCUT2D eigenvalue weighted by molar-refractivity contribution is 4.96. The fraction of sp³-hybridized carbons (Fsp3) is 0.778. The molecule has 0 radical (unpaired) electrons. The van der Waals surface area contributed by atoms with E-state index in [1.807, 2.05) is 0 Å². The topological polar surface area (TPSA) is 0 Å². The molecule has 1 aliphatic rings. The lowest BCUT2D eigenvalue weighted by molar-refractivity contribution is -0.833. The van der Waals surface area contributed by atoms with E-state index in [1.54, 1.807) is 5.70 Å². The van der Waals surface area contributed by atoms with Crippen LogP contribution in [0.4, 0.5) is 0 Å². The molecule has 0 atom stereocenters. The Bertz CT molecular complexity index is 139. The summed E-state index contributed by atoms with van der Waals surface area (Å²) in [6.45, 7) is 0. The molecule has 1 heteroatoms. The number of nitrogens with zero attached hydrogens (tertiary/aromatic N) is 1. The third-order valence-electron chi connectivity index (χ3n) is 2.13. The Morgan fingerprint density at radius 2 is 1.90 bits per heavy atom. The highest BCUT2D eigenvalue weighted by Crippen LogP contribution is 2.22. The maximum atomic E-state index is 2.41. The van der Waals surface area contributed by atoms with Crippen molar-refractivity contribution in [1.82, 2.24) is 0 Å². The summed E-state index contributed by atoms with van der Waals surface area (Å²) in [6.07, 6.45) is 7.79. The van der Waals surface area contributed by atoms with Crippen LogP contribution in [0.5, 0.6) is 0 Å². The van der Waals surface area contributed by atoms with Crippen LogP contribution in [0.25, 0.3) is 0 Å². The highest BCUT2D eigenvalue weighted by atomic mass is 15.3. The highest BCUT2D eigenvalue weighted by Gasteiger charge is 2.17. The van der Waals surface area contributed by atoms with Crippen LogP contribution in [-0.2, 0) is 0 Å². The van der Waals surface area contributed by atoms with E-state index in [0.29, 0.717) is 0 Å². The smallest absolute Gasteiger partial charge is 0.104 e. The van der Waals surface area contributed by atoms with E-state index >= 15 is 0 Å². The molecule has 0 spiro atoms. The zero-order chi connectivity index (χ0) is 7.61. The minimum absolute atomic E-state index is 1.03. The maximum absolute atomic E-state index is 2.41. The average molecular weight is 140 g/mol. The second-order valence-electron chi connectivity index (χ2n) is 3.95. The van der Waals surface area contributed by atoms with E-state index < -0.39 is 0 Å². The number of hydrogen-bond donors (Lipinski definition) is 0. The lowest BCUT2D eigenvalue weighted by atomic mass is 10.0. The predicted octanol–water partition coefficient (Wildman–Crippen LogP) is 2.15. The molecule has 0 N–H and O–H groups in total. The van der Waals surface area contributed by atoms with Gasteiger partial charge in [-0.15, -0.1) is 0 Å². The van der Waals surface area contributed by atoms with E-state index in [4.69, 9.17) is 0 Å². The van der Waals surface area contributed by atoms with Crippen molar-refractivity contribution >= 4 is 0 Å². The molecular formula is C9H18N+. The van der Waals surface area contributed by atoms with Crippen molar-refractivity contribution in [3.05, 3.63) is 11.8 Å². The molecule has 10 heavy (non-hydrogen) atoms. The molecule has 0 aromatic rings. The van der Waals surface area contributed by atoms with Crippen molar-refractivity contribution in [2.45, 2.75) is 25.7 Å². The van der Waals surface area contributed by atoms with Crippen LogP contribution >= 0.6 is 0 Å². The van der Waals surface area contributed by atoms with Gasteiger partial charge >= 0.3 is 0 Å². The Hall–Kier alpha value is -0.300.